The van der Waals surface area contributed by atoms with E-state index in [0.29, 0.717) is 11.3 Å². The first-order chi connectivity index (χ1) is 4.88. The number of benzene rings is 1. The molecule has 0 radical (unpaired) electrons. The van der Waals surface area contributed by atoms with E-state index < -0.39 is 0 Å². The second kappa shape index (κ2) is 2.71. The normalized spacial score (nSPS) is 7.80. The summed E-state index contributed by atoms with van der Waals surface area (Å²) in [4.78, 5) is 3.25. The molecule has 46 valence electrons. The molecule has 0 atom stereocenters. The zero-order chi connectivity index (χ0) is 7.40. The molecule has 0 saturated heterocycles. The van der Waals surface area contributed by atoms with Crippen LogP contribution >= 0.6 is 0 Å². The molecule has 1 aromatic carbocycles. The van der Waals surface area contributed by atoms with Crippen molar-refractivity contribution in [2.75, 3.05) is 0 Å². The third-order valence-electron chi connectivity index (χ3n) is 1.18. The van der Waals surface area contributed by atoms with Gasteiger partial charge in [0.15, 0.2) is 0 Å². The highest BCUT2D eigenvalue weighted by molar-refractivity contribution is 5.58. The lowest BCUT2D eigenvalue weighted by Crippen LogP contribution is -1.70. The summed E-state index contributed by atoms with van der Waals surface area (Å²) in [5.74, 6) is 2.43. The zero-order valence-corrected chi connectivity index (χ0v) is 5.33. The lowest BCUT2D eigenvalue weighted by atomic mass is 10.2. The molecule has 10 heavy (non-hydrogen) atoms. The highest BCUT2D eigenvalue weighted by Gasteiger charge is 1.93. The van der Waals surface area contributed by atoms with Crippen LogP contribution in [0.2, 0.25) is 0 Å². The van der Waals surface area contributed by atoms with E-state index in [2.05, 4.69) is 10.8 Å². The van der Waals surface area contributed by atoms with E-state index in [-0.39, 0.29) is 0 Å². The molecule has 1 rings (SSSR count). The second-order valence-electron chi connectivity index (χ2n) is 1.77. The van der Waals surface area contributed by atoms with Crippen molar-refractivity contribution >= 4 is 5.69 Å². The van der Waals surface area contributed by atoms with Gasteiger partial charge in [0.05, 0.1) is 6.57 Å². The SMILES string of the molecule is [C-]#[N+]c1ccccc1C#C. The summed E-state index contributed by atoms with van der Waals surface area (Å²) in [7, 11) is 0. The van der Waals surface area contributed by atoms with Crippen molar-refractivity contribution in [3.63, 3.8) is 0 Å². The maximum Gasteiger partial charge on any atom is 0.202 e. The predicted molar refractivity (Wildman–Crippen MR) is 40.6 cm³/mol. The molecule has 0 aromatic heterocycles. The molecule has 0 bridgehead atoms. The van der Waals surface area contributed by atoms with Crippen LogP contribution in [0.4, 0.5) is 5.69 Å². The molecule has 0 aliphatic heterocycles. The average Bonchev–Trinajstić information content (AvgIpc) is 2.04. The Hall–Kier alpha value is -1.73. The van der Waals surface area contributed by atoms with Gasteiger partial charge in [-0.25, -0.2) is 4.85 Å². The van der Waals surface area contributed by atoms with E-state index >= 15 is 0 Å². The van der Waals surface area contributed by atoms with Crippen LogP contribution in [0.15, 0.2) is 24.3 Å². The minimum absolute atomic E-state index is 0.546. The molecule has 1 heteroatoms. The van der Waals surface area contributed by atoms with Crippen LogP contribution in [0.1, 0.15) is 5.56 Å². The van der Waals surface area contributed by atoms with E-state index in [9.17, 15) is 0 Å². The van der Waals surface area contributed by atoms with Crippen LogP contribution in [0.5, 0.6) is 0 Å². The summed E-state index contributed by atoms with van der Waals surface area (Å²) >= 11 is 0. The quantitative estimate of drug-likeness (QED) is 0.372. The summed E-state index contributed by atoms with van der Waals surface area (Å²) in [6.45, 7) is 6.72. The fourth-order valence-electron chi connectivity index (χ4n) is 0.693. The Bertz CT molecular complexity index is 279. The lowest BCUT2D eigenvalue weighted by Gasteiger charge is -1.90. The predicted octanol–water partition coefficient (Wildman–Crippen LogP) is 2.22. The summed E-state index contributed by atoms with van der Waals surface area (Å²) < 4.78 is 0. The van der Waals surface area contributed by atoms with Gasteiger partial charge in [0.2, 0.25) is 5.69 Å². The number of hydrogen-bond acceptors (Lipinski definition) is 0. The first-order valence-corrected chi connectivity index (χ1v) is 2.81. The van der Waals surface area contributed by atoms with Crippen LogP contribution in [0.25, 0.3) is 4.85 Å². The Labute approximate surface area is 60.1 Å². The molecule has 0 amide bonds. The fourth-order valence-corrected chi connectivity index (χ4v) is 0.693. The zero-order valence-electron chi connectivity index (χ0n) is 5.33. The highest BCUT2D eigenvalue weighted by Crippen LogP contribution is 2.16. The summed E-state index contributed by atoms with van der Waals surface area (Å²) in [6.07, 6.45) is 5.13. The van der Waals surface area contributed by atoms with Gasteiger partial charge in [-0.05, 0) is 0 Å². The molecule has 0 unspecified atom stereocenters. The molecule has 1 nitrogen and oxygen atoms in total. The van der Waals surface area contributed by atoms with Gasteiger partial charge in [-0.1, -0.05) is 30.2 Å². The minimum atomic E-state index is 0.546. The van der Waals surface area contributed by atoms with Crippen molar-refractivity contribution in [3.05, 3.63) is 41.2 Å². The number of terminal acetylenes is 1. The lowest BCUT2D eigenvalue weighted by molar-refractivity contribution is 1.66. The van der Waals surface area contributed by atoms with Gasteiger partial charge in [-0.3, -0.25) is 0 Å². The first-order valence-electron chi connectivity index (χ1n) is 2.81. The summed E-state index contributed by atoms with van der Waals surface area (Å²) in [6, 6.07) is 7.09. The van der Waals surface area contributed by atoms with E-state index in [1.807, 2.05) is 6.07 Å². The maximum absolute atomic E-state index is 6.72. The van der Waals surface area contributed by atoms with Crippen molar-refractivity contribution in [2.45, 2.75) is 0 Å². The smallest absolute Gasteiger partial charge is 0.202 e. The van der Waals surface area contributed by atoms with Crippen LogP contribution < -0.4 is 0 Å². The Balaban J connectivity index is 3.28. The molecule has 0 fully saturated rings. The number of hydrogen-bond donors (Lipinski definition) is 0. The number of nitrogens with zero attached hydrogens (tertiary/aromatic N) is 1. The third-order valence-corrected chi connectivity index (χ3v) is 1.18. The molecule has 0 N–H and O–H groups in total. The third kappa shape index (κ3) is 0.989. The average molecular weight is 127 g/mol. The summed E-state index contributed by atoms with van der Waals surface area (Å²) in [5.41, 5.74) is 1.21. The summed E-state index contributed by atoms with van der Waals surface area (Å²) in [5, 5.41) is 0. The van der Waals surface area contributed by atoms with E-state index in [0.717, 1.165) is 0 Å². The highest BCUT2D eigenvalue weighted by atomic mass is 14.6. The first kappa shape index (κ1) is 6.39. The van der Waals surface area contributed by atoms with Gasteiger partial charge in [-0.15, -0.1) is 6.42 Å². The van der Waals surface area contributed by atoms with Crippen LogP contribution in [0, 0.1) is 18.9 Å². The second-order valence-corrected chi connectivity index (χ2v) is 1.77. The van der Waals surface area contributed by atoms with Gasteiger partial charge in [-0.2, -0.15) is 0 Å². The number of rotatable bonds is 0. The van der Waals surface area contributed by atoms with Crippen molar-refractivity contribution in [1.82, 2.24) is 0 Å². The van der Waals surface area contributed by atoms with E-state index in [1.165, 1.54) is 0 Å². The molecule has 0 heterocycles. The molecule has 0 aliphatic rings. The minimum Gasteiger partial charge on any atom is -0.237 e. The Morgan fingerprint density at radius 3 is 2.60 bits per heavy atom. The van der Waals surface area contributed by atoms with Crippen LogP contribution in [0.3, 0.4) is 0 Å². The van der Waals surface area contributed by atoms with Crippen molar-refractivity contribution < 1.29 is 0 Å². The van der Waals surface area contributed by atoms with Crippen molar-refractivity contribution in [2.24, 2.45) is 0 Å². The van der Waals surface area contributed by atoms with Crippen LogP contribution in [-0.2, 0) is 0 Å². The Kier molecular flexibility index (Phi) is 1.73. The fraction of sp³-hybridized carbons (Fsp3) is 0. The monoisotopic (exact) mass is 127 g/mol. The maximum atomic E-state index is 6.72. The Morgan fingerprint density at radius 2 is 2.10 bits per heavy atom. The molecule has 0 spiro atoms. The van der Waals surface area contributed by atoms with Gasteiger partial charge in [0.25, 0.3) is 0 Å². The standard InChI is InChI=1S/C9H5N/c1-3-8-6-4-5-7-9(8)10-2/h1,4-7H. The van der Waals surface area contributed by atoms with E-state index in [1.54, 1.807) is 18.2 Å². The molecule has 0 saturated carbocycles. The van der Waals surface area contributed by atoms with Gasteiger partial charge in [0, 0.05) is 5.56 Å². The largest absolute Gasteiger partial charge is 0.237 e. The van der Waals surface area contributed by atoms with Gasteiger partial charge < -0.3 is 0 Å². The van der Waals surface area contributed by atoms with Crippen molar-refractivity contribution in [3.8, 4) is 12.3 Å². The van der Waals surface area contributed by atoms with E-state index in [4.69, 9.17) is 13.0 Å². The van der Waals surface area contributed by atoms with Gasteiger partial charge >= 0.3 is 0 Å². The number of para-hydroxylation sites is 1. The van der Waals surface area contributed by atoms with Crippen molar-refractivity contribution in [1.29, 1.82) is 0 Å². The Morgan fingerprint density at radius 1 is 1.40 bits per heavy atom. The molecule has 1 aromatic rings. The van der Waals surface area contributed by atoms with Gasteiger partial charge in [0.1, 0.15) is 0 Å². The molecular formula is C9H5N. The molecular weight excluding hydrogens is 122 g/mol. The van der Waals surface area contributed by atoms with Crippen LogP contribution in [-0.4, -0.2) is 0 Å². The molecule has 0 aliphatic carbocycles. The topological polar surface area (TPSA) is 4.36 Å².